The van der Waals surface area contributed by atoms with E-state index in [1.54, 1.807) is 0 Å². The van der Waals surface area contributed by atoms with Gasteiger partial charge in [0.15, 0.2) is 5.78 Å². The van der Waals surface area contributed by atoms with Gasteiger partial charge in [-0.15, -0.1) is 0 Å². The molecule has 3 N–H and O–H groups in total. The fourth-order valence-electron chi connectivity index (χ4n) is 4.35. The third-order valence-corrected chi connectivity index (χ3v) is 10.4. The number of benzene rings is 4. The molecule has 1 atom stereocenters. The minimum atomic E-state index is -2.58. The normalized spacial score (nSPS) is 11.9. The summed E-state index contributed by atoms with van der Waals surface area (Å²) < 4.78 is 5.56. The summed E-state index contributed by atoms with van der Waals surface area (Å²) in [7, 11) is -2.58. The zero-order valence-electron chi connectivity index (χ0n) is 19.3. The minimum absolute atomic E-state index is 0.0348. The highest BCUT2D eigenvalue weighted by Crippen LogP contribution is 2.59. The second-order valence-corrected chi connectivity index (χ2v) is 11.7. The van der Waals surface area contributed by atoms with Crippen LogP contribution < -0.4 is 27.0 Å². The maximum Gasteiger partial charge on any atom is 0.410 e. The largest absolute Gasteiger partial charge is 0.445 e. The molecule has 6 heteroatoms. The Hall–Kier alpha value is -3.95. The third-order valence-electron chi connectivity index (χ3n) is 5.85. The molecule has 0 aromatic heterocycles. The molecule has 4 rings (SSSR count). The molecule has 0 saturated heterocycles. The predicted octanol–water partition coefficient (Wildman–Crippen LogP) is 4.11. The molecule has 0 aliphatic heterocycles. The highest BCUT2D eigenvalue weighted by atomic mass is 31.2. The van der Waals surface area contributed by atoms with Crippen LogP contribution in [0.25, 0.3) is 0 Å². The average Bonchev–Trinajstić information content (AvgIpc) is 2.90. The van der Waals surface area contributed by atoms with Gasteiger partial charge < -0.3 is 10.5 Å². The Morgan fingerprint density at radius 3 is 1.49 bits per heavy atom. The third kappa shape index (κ3) is 5.59. The monoisotopic (exact) mass is 483 g/mol. The molecule has 176 valence electrons. The molecule has 0 aliphatic carbocycles. The molecule has 0 unspecified atom stereocenters. The van der Waals surface area contributed by atoms with Crippen molar-refractivity contribution in [3.8, 4) is 0 Å². The molecule has 35 heavy (non-hydrogen) atoms. The number of primary amides is 1. The topological polar surface area (TPSA) is 81.4 Å². The Morgan fingerprint density at radius 1 is 0.686 bits per heavy atom. The number of alkyl carbamates (subject to hydrolysis) is 1. The molecule has 4 aromatic carbocycles. The first-order valence-electron chi connectivity index (χ1n) is 11.4. The van der Waals surface area contributed by atoms with Crippen molar-refractivity contribution < 1.29 is 14.3 Å². The molecule has 2 amide bonds. The molecule has 0 heterocycles. The lowest BCUT2D eigenvalue weighted by molar-refractivity contribution is -0.118. The summed E-state index contributed by atoms with van der Waals surface area (Å²) in [6, 6.07) is 39.5. The lowest BCUT2D eigenvalue weighted by Gasteiger charge is -2.34. The van der Waals surface area contributed by atoms with Gasteiger partial charge in [-0.1, -0.05) is 84.9 Å². The molecule has 0 fully saturated rings. The summed E-state index contributed by atoms with van der Waals surface area (Å²) in [4.78, 5) is 25.4. The van der Waals surface area contributed by atoms with E-state index in [0.29, 0.717) is 0 Å². The number of hydrogen-bond acceptors (Lipinski definition) is 3. The van der Waals surface area contributed by atoms with Crippen molar-refractivity contribution >= 4 is 35.2 Å². The van der Waals surface area contributed by atoms with Crippen molar-refractivity contribution in [1.82, 2.24) is 5.32 Å². The molecule has 0 radical (unpaired) electrons. The van der Waals surface area contributed by atoms with Crippen LogP contribution in [-0.4, -0.2) is 17.8 Å². The Morgan fingerprint density at radius 2 is 1.09 bits per heavy atom. The second kappa shape index (κ2) is 11.5. The van der Waals surface area contributed by atoms with E-state index in [1.807, 2.05) is 84.9 Å². The van der Waals surface area contributed by atoms with E-state index in [4.69, 9.17) is 10.5 Å². The van der Waals surface area contributed by atoms with Gasteiger partial charge in [-0.3, -0.25) is 10.1 Å². The summed E-state index contributed by atoms with van der Waals surface area (Å²) in [5.41, 5.74) is 6.63. The van der Waals surface area contributed by atoms with Gasteiger partial charge in [0, 0.05) is 0 Å². The van der Waals surface area contributed by atoms with E-state index in [2.05, 4.69) is 41.7 Å². The number of rotatable bonds is 9. The molecular formula is C29H28N2O3P+. The SMILES string of the molecule is NC(=O)C[C@@H](NC(=O)OCc1ccccc1)[P+](c1ccccc1)(c1ccccc1)c1ccccc1. The van der Waals surface area contributed by atoms with Crippen molar-refractivity contribution in [2.45, 2.75) is 18.8 Å². The maximum atomic E-state index is 13.1. The standard InChI is InChI=1S/C29H27N2O3P/c30-27(32)21-28(31-29(33)34-22-23-13-5-1-6-14-23)35(24-15-7-2-8-16-24,25-17-9-3-10-18-25)26-19-11-4-12-20-26/h1-20,28H,21-22H2,(H2-,30,31,32,33)/p+1/t28-/m0/s1. The Kier molecular flexibility index (Phi) is 7.92. The van der Waals surface area contributed by atoms with Gasteiger partial charge in [-0.05, 0) is 42.0 Å². The van der Waals surface area contributed by atoms with Gasteiger partial charge >= 0.3 is 6.09 Å². The highest BCUT2D eigenvalue weighted by Gasteiger charge is 2.53. The van der Waals surface area contributed by atoms with Crippen LogP contribution in [0.2, 0.25) is 0 Å². The zero-order chi connectivity index (χ0) is 24.5. The van der Waals surface area contributed by atoms with Crippen LogP contribution in [0.4, 0.5) is 4.79 Å². The minimum Gasteiger partial charge on any atom is -0.445 e. The van der Waals surface area contributed by atoms with Gasteiger partial charge in [0.1, 0.15) is 29.8 Å². The maximum absolute atomic E-state index is 13.1. The number of ether oxygens (including phenoxy) is 1. The van der Waals surface area contributed by atoms with Gasteiger partial charge in [0.2, 0.25) is 5.91 Å². The van der Waals surface area contributed by atoms with Crippen LogP contribution in [0.5, 0.6) is 0 Å². The molecule has 0 aliphatic rings. The van der Waals surface area contributed by atoms with Crippen molar-refractivity contribution in [1.29, 1.82) is 0 Å². The van der Waals surface area contributed by atoms with Crippen LogP contribution in [0.3, 0.4) is 0 Å². The first kappa shape index (κ1) is 24.2. The summed E-state index contributed by atoms with van der Waals surface area (Å²) in [6.45, 7) is 0.128. The van der Waals surface area contributed by atoms with Crippen molar-refractivity contribution in [2.75, 3.05) is 0 Å². The number of carbonyl (C=O) groups excluding carboxylic acids is 2. The van der Waals surface area contributed by atoms with E-state index in [1.165, 1.54) is 0 Å². The Bertz CT molecular complexity index is 1140. The summed E-state index contributed by atoms with van der Waals surface area (Å²) in [6.07, 6.45) is -0.625. The predicted molar refractivity (Wildman–Crippen MR) is 143 cm³/mol. The fourth-order valence-corrected chi connectivity index (χ4v) is 9.01. The molecular weight excluding hydrogens is 455 g/mol. The van der Waals surface area contributed by atoms with Crippen LogP contribution in [0, 0.1) is 0 Å². The lowest BCUT2D eigenvalue weighted by Crippen LogP contribution is -2.49. The van der Waals surface area contributed by atoms with Gasteiger partial charge in [0.25, 0.3) is 0 Å². The van der Waals surface area contributed by atoms with E-state index < -0.39 is 25.0 Å². The second-order valence-electron chi connectivity index (χ2n) is 8.12. The van der Waals surface area contributed by atoms with E-state index in [0.717, 1.165) is 21.5 Å². The highest BCUT2D eigenvalue weighted by molar-refractivity contribution is 7.96. The van der Waals surface area contributed by atoms with Crippen LogP contribution >= 0.6 is 7.26 Å². The van der Waals surface area contributed by atoms with Crippen molar-refractivity contribution in [3.63, 3.8) is 0 Å². The molecule has 0 bridgehead atoms. The Balaban J connectivity index is 1.82. The summed E-state index contributed by atoms with van der Waals surface area (Å²) >= 11 is 0. The molecule has 0 saturated carbocycles. The molecule has 5 nitrogen and oxygen atoms in total. The smallest absolute Gasteiger partial charge is 0.410 e. The van der Waals surface area contributed by atoms with Crippen molar-refractivity contribution in [2.24, 2.45) is 5.73 Å². The summed E-state index contributed by atoms with van der Waals surface area (Å²) in [5, 5.41) is 6.15. The van der Waals surface area contributed by atoms with Crippen molar-refractivity contribution in [3.05, 3.63) is 127 Å². The van der Waals surface area contributed by atoms with E-state index >= 15 is 0 Å². The first-order chi connectivity index (χ1) is 17.1. The Labute approximate surface area is 206 Å². The zero-order valence-corrected chi connectivity index (χ0v) is 20.2. The van der Waals surface area contributed by atoms with E-state index in [9.17, 15) is 9.59 Å². The van der Waals surface area contributed by atoms with Gasteiger partial charge in [-0.2, -0.15) is 0 Å². The fraction of sp³-hybridized carbons (Fsp3) is 0.103. The van der Waals surface area contributed by atoms with Crippen LogP contribution in [0.15, 0.2) is 121 Å². The number of nitrogens with two attached hydrogens (primary N) is 1. The number of nitrogens with one attached hydrogen (secondary N) is 1. The number of carbonyl (C=O) groups is 2. The molecule has 0 spiro atoms. The number of hydrogen-bond donors (Lipinski definition) is 2. The summed E-state index contributed by atoms with van der Waals surface area (Å²) in [5.74, 6) is -1.10. The number of amides is 2. The lowest BCUT2D eigenvalue weighted by atomic mass is 10.2. The molecule has 4 aromatic rings. The first-order valence-corrected chi connectivity index (χ1v) is 13.3. The average molecular weight is 484 g/mol. The van der Waals surface area contributed by atoms with Crippen LogP contribution in [-0.2, 0) is 16.1 Å². The quantitative estimate of drug-likeness (QED) is 0.352. The van der Waals surface area contributed by atoms with Crippen LogP contribution in [0.1, 0.15) is 12.0 Å². The van der Waals surface area contributed by atoms with Gasteiger partial charge in [-0.25, -0.2) is 4.79 Å². The van der Waals surface area contributed by atoms with Gasteiger partial charge in [0.05, 0.1) is 6.42 Å². The van der Waals surface area contributed by atoms with E-state index in [-0.39, 0.29) is 13.0 Å².